The van der Waals surface area contributed by atoms with Crippen LogP contribution < -0.4 is 4.90 Å². The number of Topliss-reactive ketones (excluding diaryl/α,β-unsaturated/α-hetero) is 1. The van der Waals surface area contributed by atoms with Gasteiger partial charge in [-0.3, -0.25) is 39.5 Å². The summed E-state index contributed by atoms with van der Waals surface area (Å²) in [5.74, 6) is -1.26. The van der Waals surface area contributed by atoms with E-state index in [2.05, 4.69) is 0 Å². The number of hydrogen-bond acceptors (Lipinski definition) is 10. The monoisotopic (exact) mass is 498 g/mol. The Balaban J connectivity index is 1.52. The molecule has 0 aliphatic carbocycles. The number of imide groups is 1. The van der Waals surface area contributed by atoms with E-state index in [-0.39, 0.29) is 21.8 Å². The molecule has 2 saturated heterocycles. The molecule has 2 aromatic rings. The molecule has 0 aromatic heterocycles. The second-order valence-electron chi connectivity index (χ2n) is 7.60. The van der Waals surface area contributed by atoms with Gasteiger partial charge in [0.1, 0.15) is 5.69 Å². The van der Waals surface area contributed by atoms with E-state index in [1.165, 1.54) is 24.3 Å². The molecule has 2 amide bonds. The largest absolute Gasteiger partial charge is 0.378 e. The number of nitro groups is 2. The number of anilines is 1. The number of carbonyl (C=O) groups excluding carboxylic acids is 3. The smallest absolute Gasteiger partial charge is 0.293 e. The molecule has 35 heavy (non-hydrogen) atoms. The number of non-ortho nitro benzene ring substituents is 1. The number of thioether (sulfide) groups is 1. The first-order valence-electron chi connectivity index (χ1n) is 10.4. The number of rotatable bonds is 7. The van der Waals surface area contributed by atoms with Crippen molar-refractivity contribution in [2.24, 2.45) is 0 Å². The van der Waals surface area contributed by atoms with E-state index in [1.807, 2.05) is 4.90 Å². The summed E-state index contributed by atoms with van der Waals surface area (Å²) < 4.78 is 5.29. The average Bonchev–Trinajstić information content (AvgIpc) is 3.11. The first kappa shape index (κ1) is 24.0. The first-order valence-corrected chi connectivity index (χ1v) is 11.2. The molecular weight excluding hydrogens is 480 g/mol. The van der Waals surface area contributed by atoms with Gasteiger partial charge < -0.3 is 9.64 Å². The van der Waals surface area contributed by atoms with Gasteiger partial charge in [0.05, 0.1) is 34.5 Å². The second-order valence-corrected chi connectivity index (χ2v) is 8.59. The van der Waals surface area contributed by atoms with E-state index in [1.54, 1.807) is 12.1 Å². The molecule has 2 fully saturated rings. The summed E-state index contributed by atoms with van der Waals surface area (Å²) in [6.07, 6.45) is 1.37. The topological polar surface area (TPSA) is 153 Å². The number of ketones is 1. The molecule has 0 N–H and O–H groups in total. The molecule has 0 spiro atoms. The van der Waals surface area contributed by atoms with Gasteiger partial charge in [-0.25, -0.2) is 0 Å². The van der Waals surface area contributed by atoms with Crippen LogP contribution in [0.4, 0.5) is 21.9 Å². The highest BCUT2D eigenvalue weighted by Crippen LogP contribution is 2.35. The van der Waals surface area contributed by atoms with Crippen LogP contribution in [0.15, 0.2) is 47.4 Å². The lowest BCUT2D eigenvalue weighted by Crippen LogP contribution is -2.36. The number of nitro benzene ring substituents is 2. The van der Waals surface area contributed by atoms with E-state index in [0.29, 0.717) is 49.3 Å². The number of hydrogen-bond donors (Lipinski definition) is 0. The maximum absolute atomic E-state index is 12.8. The van der Waals surface area contributed by atoms with Crippen molar-refractivity contribution in [1.29, 1.82) is 0 Å². The fraction of sp³-hybridized carbons (Fsp3) is 0.227. The molecule has 2 aliphatic rings. The highest BCUT2D eigenvalue weighted by Gasteiger charge is 2.36. The molecule has 13 heteroatoms. The minimum atomic E-state index is -0.699. The van der Waals surface area contributed by atoms with Crippen LogP contribution in [-0.2, 0) is 9.53 Å². The number of morpholine rings is 1. The van der Waals surface area contributed by atoms with Crippen LogP contribution in [0, 0.1) is 20.2 Å². The van der Waals surface area contributed by atoms with Gasteiger partial charge in [-0.15, -0.1) is 0 Å². The molecule has 0 saturated carbocycles. The highest BCUT2D eigenvalue weighted by atomic mass is 32.2. The number of carbonyl (C=O) groups is 3. The predicted molar refractivity (Wildman–Crippen MR) is 126 cm³/mol. The molecule has 0 atom stereocenters. The number of nitrogens with zero attached hydrogens (tertiary/aromatic N) is 4. The highest BCUT2D eigenvalue weighted by molar-refractivity contribution is 8.18. The zero-order chi connectivity index (χ0) is 25.1. The van der Waals surface area contributed by atoms with Crippen LogP contribution in [0.25, 0.3) is 6.08 Å². The molecule has 0 radical (unpaired) electrons. The SMILES string of the molecule is O=C(CN1C(=O)S/C(=C\c2ccc(N3CCOCC3)c([N+](=O)[O-])c2)C1=O)c1ccc([N+](=O)[O-])cc1. The van der Waals surface area contributed by atoms with Crippen LogP contribution in [-0.4, -0.2) is 64.5 Å². The maximum atomic E-state index is 12.8. The standard InChI is InChI=1S/C22H18N4O8S/c27-19(15-2-4-16(5-3-15)25(30)31)13-24-21(28)20(35-22(24)29)12-14-1-6-17(18(11-14)26(32)33)23-7-9-34-10-8-23/h1-6,11-12H,7-10,13H2/b20-12-. The van der Waals surface area contributed by atoms with Crippen LogP contribution in [0.3, 0.4) is 0 Å². The lowest BCUT2D eigenvalue weighted by atomic mass is 10.1. The summed E-state index contributed by atoms with van der Waals surface area (Å²) in [7, 11) is 0. The van der Waals surface area contributed by atoms with Crippen molar-refractivity contribution in [3.05, 3.63) is 78.7 Å². The Labute approximate surface area is 202 Å². The van der Waals surface area contributed by atoms with Crippen molar-refractivity contribution in [2.75, 3.05) is 37.7 Å². The second kappa shape index (κ2) is 10.0. The van der Waals surface area contributed by atoms with Gasteiger partial charge >= 0.3 is 0 Å². The maximum Gasteiger partial charge on any atom is 0.293 e. The predicted octanol–water partition coefficient (Wildman–Crippen LogP) is 3.26. The Morgan fingerprint density at radius 1 is 1.03 bits per heavy atom. The summed E-state index contributed by atoms with van der Waals surface area (Å²) >= 11 is 0.627. The van der Waals surface area contributed by atoms with Gasteiger partial charge in [0.2, 0.25) is 0 Å². The lowest BCUT2D eigenvalue weighted by Gasteiger charge is -2.28. The Morgan fingerprint density at radius 3 is 2.34 bits per heavy atom. The summed E-state index contributed by atoms with van der Waals surface area (Å²) in [5.41, 5.74) is 0.601. The Kier molecular flexibility index (Phi) is 6.89. The van der Waals surface area contributed by atoms with E-state index in [4.69, 9.17) is 4.74 Å². The minimum Gasteiger partial charge on any atom is -0.378 e. The summed E-state index contributed by atoms with van der Waals surface area (Å²) in [6.45, 7) is 1.43. The zero-order valence-corrected chi connectivity index (χ0v) is 18.9. The van der Waals surface area contributed by atoms with Gasteiger partial charge in [0, 0.05) is 36.9 Å². The number of amides is 2. The fourth-order valence-electron chi connectivity index (χ4n) is 3.64. The van der Waals surface area contributed by atoms with Gasteiger partial charge in [-0.1, -0.05) is 6.07 Å². The van der Waals surface area contributed by atoms with Gasteiger partial charge in [0.25, 0.3) is 22.5 Å². The molecule has 2 aliphatic heterocycles. The van der Waals surface area contributed by atoms with E-state index >= 15 is 0 Å². The molecular formula is C22H18N4O8S. The number of ether oxygens (including phenoxy) is 1. The van der Waals surface area contributed by atoms with E-state index in [9.17, 15) is 34.6 Å². The van der Waals surface area contributed by atoms with Crippen molar-refractivity contribution >= 4 is 51.8 Å². The lowest BCUT2D eigenvalue weighted by molar-refractivity contribution is -0.384. The quantitative estimate of drug-likeness (QED) is 0.240. The Hall–Kier alpha value is -4.10. The van der Waals surface area contributed by atoms with Crippen molar-refractivity contribution in [3.63, 3.8) is 0 Å². The van der Waals surface area contributed by atoms with Crippen LogP contribution in [0.1, 0.15) is 15.9 Å². The molecule has 4 rings (SSSR count). The van der Waals surface area contributed by atoms with Crippen molar-refractivity contribution in [2.45, 2.75) is 0 Å². The fourth-order valence-corrected chi connectivity index (χ4v) is 4.48. The van der Waals surface area contributed by atoms with Crippen molar-refractivity contribution < 1.29 is 29.0 Å². The molecule has 2 heterocycles. The van der Waals surface area contributed by atoms with Crippen LogP contribution >= 0.6 is 11.8 Å². The van der Waals surface area contributed by atoms with Gasteiger partial charge in [0.15, 0.2) is 5.78 Å². The first-order chi connectivity index (χ1) is 16.7. The third-order valence-corrected chi connectivity index (χ3v) is 6.33. The van der Waals surface area contributed by atoms with Crippen LogP contribution in [0.5, 0.6) is 0 Å². The van der Waals surface area contributed by atoms with Gasteiger partial charge in [-0.2, -0.15) is 0 Å². The summed E-state index contributed by atoms with van der Waals surface area (Å²) in [5, 5.41) is 21.8. The minimum absolute atomic E-state index is 0.0277. The Bertz CT molecular complexity index is 1250. The molecule has 2 aromatic carbocycles. The van der Waals surface area contributed by atoms with E-state index < -0.39 is 33.3 Å². The zero-order valence-electron chi connectivity index (χ0n) is 18.1. The number of benzene rings is 2. The van der Waals surface area contributed by atoms with Crippen molar-refractivity contribution in [3.8, 4) is 0 Å². The third kappa shape index (κ3) is 5.20. The Morgan fingerprint density at radius 2 is 1.71 bits per heavy atom. The molecule has 180 valence electrons. The summed E-state index contributed by atoms with van der Waals surface area (Å²) in [6, 6.07) is 9.38. The molecule has 0 unspecified atom stereocenters. The van der Waals surface area contributed by atoms with E-state index in [0.717, 1.165) is 17.0 Å². The third-order valence-electron chi connectivity index (χ3n) is 5.42. The van der Waals surface area contributed by atoms with Gasteiger partial charge in [-0.05, 0) is 41.6 Å². The van der Waals surface area contributed by atoms with Crippen molar-refractivity contribution in [1.82, 2.24) is 4.90 Å². The molecule has 0 bridgehead atoms. The normalized spacial score (nSPS) is 17.2. The summed E-state index contributed by atoms with van der Waals surface area (Å²) in [4.78, 5) is 61.6. The van der Waals surface area contributed by atoms with Crippen LogP contribution in [0.2, 0.25) is 0 Å². The average molecular weight is 498 g/mol. The molecule has 12 nitrogen and oxygen atoms in total.